The molecule has 0 amide bonds. The van der Waals surface area contributed by atoms with Crippen molar-refractivity contribution in [2.75, 3.05) is 19.8 Å². The minimum absolute atomic E-state index is 0.0447. The molecular weight excluding hydrogens is 202 g/mol. The van der Waals surface area contributed by atoms with Crippen LogP contribution in [0.1, 0.15) is 31.9 Å². The van der Waals surface area contributed by atoms with Gasteiger partial charge in [0.1, 0.15) is 12.4 Å². The quantitative estimate of drug-likeness (QED) is 0.722. The van der Waals surface area contributed by atoms with Gasteiger partial charge in [0.25, 0.3) is 0 Å². The van der Waals surface area contributed by atoms with Crippen LogP contribution >= 0.6 is 0 Å². The number of nitrogens with two attached hydrogens (primary N) is 1. The minimum Gasteiger partial charge on any atom is -0.491 e. The van der Waals surface area contributed by atoms with Gasteiger partial charge in [-0.2, -0.15) is 0 Å². The lowest BCUT2D eigenvalue weighted by molar-refractivity contribution is 0.109. The van der Waals surface area contributed by atoms with Gasteiger partial charge in [0.2, 0.25) is 0 Å². The average Bonchev–Trinajstić information content (AvgIpc) is 2.34. The number of benzene rings is 1. The van der Waals surface area contributed by atoms with E-state index < -0.39 is 0 Å². The fraction of sp³-hybridized carbons (Fsp3) is 0.538. The summed E-state index contributed by atoms with van der Waals surface area (Å²) in [5.74, 6) is 0.872. The summed E-state index contributed by atoms with van der Waals surface area (Å²) in [6.07, 6.45) is 0.909. The van der Waals surface area contributed by atoms with Crippen LogP contribution in [0.3, 0.4) is 0 Å². The molecule has 90 valence electrons. The fourth-order valence-corrected chi connectivity index (χ4v) is 1.49. The number of rotatable bonds is 7. The first-order valence-corrected chi connectivity index (χ1v) is 5.84. The van der Waals surface area contributed by atoms with Crippen molar-refractivity contribution in [2.45, 2.75) is 26.3 Å². The highest BCUT2D eigenvalue weighted by Gasteiger charge is 2.09. The van der Waals surface area contributed by atoms with Gasteiger partial charge in [-0.05, 0) is 19.4 Å². The zero-order valence-electron chi connectivity index (χ0n) is 10.1. The lowest BCUT2D eigenvalue weighted by atomic mass is 10.0. The molecule has 0 spiro atoms. The summed E-state index contributed by atoms with van der Waals surface area (Å²) in [6, 6.07) is 7.96. The Labute approximate surface area is 97.6 Å². The zero-order valence-corrected chi connectivity index (χ0v) is 10.1. The lowest BCUT2D eigenvalue weighted by Gasteiger charge is -2.15. The summed E-state index contributed by atoms with van der Waals surface area (Å²) < 4.78 is 10.9. The molecule has 3 heteroatoms. The third-order valence-electron chi connectivity index (χ3n) is 2.45. The Morgan fingerprint density at radius 2 is 1.94 bits per heavy atom. The van der Waals surface area contributed by atoms with Crippen molar-refractivity contribution in [3.8, 4) is 5.75 Å². The van der Waals surface area contributed by atoms with E-state index in [9.17, 15) is 0 Å². The molecule has 0 heterocycles. The van der Waals surface area contributed by atoms with Crippen LogP contribution in [0.25, 0.3) is 0 Å². The molecule has 1 aromatic carbocycles. The Hall–Kier alpha value is -1.06. The van der Waals surface area contributed by atoms with Crippen LogP contribution in [-0.4, -0.2) is 19.8 Å². The summed E-state index contributed by atoms with van der Waals surface area (Å²) in [5, 5.41) is 0. The number of ether oxygens (including phenoxy) is 2. The molecule has 1 aromatic rings. The molecule has 3 nitrogen and oxygen atoms in total. The molecule has 0 aliphatic rings. The number of hydrogen-bond acceptors (Lipinski definition) is 3. The maximum atomic E-state index is 6.01. The van der Waals surface area contributed by atoms with Crippen LogP contribution in [0, 0.1) is 0 Å². The van der Waals surface area contributed by atoms with E-state index in [2.05, 4.69) is 6.92 Å². The first-order valence-electron chi connectivity index (χ1n) is 5.84. The highest BCUT2D eigenvalue weighted by atomic mass is 16.5. The summed E-state index contributed by atoms with van der Waals surface area (Å²) in [7, 11) is 0. The summed E-state index contributed by atoms with van der Waals surface area (Å²) in [4.78, 5) is 0. The molecule has 1 rings (SSSR count). The van der Waals surface area contributed by atoms with Gasteiger partial charge >= 0.3 is 0 Å². The molecule has 0 radical (unpaired) electrons. The number of para-hydroxylation sites is 1. The van der Waals surface area contributed by atoms with E-state index in [1.165, 1.54) is 0 Å². The standard InChI is InChI=1S/C13H21NO2/c1-3-12(14)11-7-5-6-8-13(11)16-10-9-15-4-2/h5-8,12H,3-4,9-10,14H2,1-2H3/t12-/m1/s1. The summed E-state index contributed by atoms with van der Waals surface area (Å²) in [6.45, 7) is 5.95. The van der Waals surface area contributed by atoms with Crippen LogP contribution < -0.4 is 10.5 Å². The van der Waals surface area contributed by atoms with Gasteiger partial charge in [-0.15, -0.1) is 0 Å². The smallest absolute Gasteiger partial charge is 0.124 e. The van der Waals surface area contributed by atoms with E-state index in [4.69, 9.17) is 15.2 Å². The predicted octanol–water partition coefficient (Wildman–Crippen LogP) is 2.51. The van der Waals surface area contributed by atoms with E-state index in [0.717, 1.165) is 24.3 Å². The topological polar surface area (TPSA) is 44.5 Å². The van der Waals surface area contributed by atoms with Crippen LogP contribution in [0.5, 0.6) is 5.75 Å². The third-order valence-corrected chi connectivity index (χ3v) is 2.45. The minimum atomic E-state index is 0.0447. The normalized spacial score (nSPS) is 12.4. The molecule has 0 saturated carbocycles. The Bertz CT molecular complexity index is 302. The second kappa shape index (κ2) is 7.25. The number of hydrogen-bond donors (Lipinski definition) is 1. The Morgan fingerprint density at radius 3 is 2.62 bits per heavy atom. The van der Waals surface area contributed by atoms with E-state index in [1.54, 1.807) is 0 Å². The molecule has 0 saturated heterocycles. The first kappa shape index (κ1) is 13.0. The molecule has 0 fully saturated rings. The Kier molecular flexibility index (Phi) is 5.90. The monoisotopic (exact) mass is 223 g/mol. The molecule has 0 bridgehead atoms. The fourth-order valence-electron chi connectivity index (χ4n) is 1.49. The van der Waals surface area contributed by atoms with Gasteiger partial charge in [0, 0.05) is 18.2 Å². The van der Waals surface area contributed by atoms with Crippen molar-refractivity contribution in [3.05, 3.63) is 29.8 Å². The molecular formula is C13H21NO2. The van der Waals surface area contributed by atoms with E-state index in [-0.39, 0.29) is 6.04 Å². The van der Waals surface area contributed by atoms with Crippen molar-refractivity contribution in [1.29, 1.82) is 0 Å². The largest absolute Gasteiger partial charge is 0.491 e. The average molecular weight is 223 g/mol. The molecule has 0 unspecified atom stereocenters. The van der Waals surface area contributed by atoms with Gasteiger partial charge in [0.05, 0.1) is 6.61 Å². The van der Waals surface area contributed by atoms with E-state index in [0.29, 0.717) is 13.2 Å². The molecule has 1 atom stereocenters. The van der Waals surface area contributed by atoms with Crippen molar-refractivity contribution >= 4 is 0 Å². The van der Waals surface area contributed by atoms with Gasteiger partial charge < -0.3 is 15.2 Å². The molecule has 0 aliphatic carbocycles. The van der Waals surface area contributed by atoms with Crippen molar-refractivity contribution in [1.82, 2.24) is 0 Å². The summed E-state index contributed by atoms with van der Waals surface area (Å²) in [5.41, 5.74) is 7.09. The summed E-state index contributed by atoms with van der Waals surface area (Å²) >= 11 is 0. The van der Waals surface area contributed by atoms with Gasteiger partial charge in [0.15, 0.2) is 0 Å². The Balaban J connectivity index is 2.57. The third kappa shape index (κ3) is 3.83. The van der Waals surface area contributed by atoms with Crippen LogP contribution in [-0.2, 0) is 4.74 Å². The maximum absolute atomic E-state index is 6.01. The van der Waals surface area contributed by atoms with Crippen LogP contribution in [0.15, 0.2) is 24.3 Å². The second-order valence-corrected chi connectivity index (χ2v) is 3.60. The zero-order chi connectivity index (χ0) is 11.8. The van der Waals surface area contributed by atoms with Crippen LogP contribution in [0.4, 0.5) is 0 Å². The predicted molar refractivity (Wildman–Crippen MR) is 65.6 cm³/mol. The van der Waals surface area contributed by atoms with E-state index in [1.807, 2.05) is 31.2 Å². The van der Waals surface area contributed by atoms with Crippen LogP contribution in [0.2, 0.25) is 0 Å². The molecule has 2 N–H and O–H groups in total. The lowest BCUT2D eigenvalue weighted by Crippen LogP contribution is -2.13. The first-order chi connectivity index (χ1) is 7.79. The highest BCUT2D eigenvalue weighted by Crippen LogP contribution is 2.25. The second-order valence-electron chi connectivity index (χ2n) is 3.60. The van der Waals surface area contributed by atoms with Gasteiger partial charge in [-0.1, -0.05) is 25.1 Å². The molecule has 0 aromatic heterocycles. The maximum Gasteiger partial charge on any atom is 0.124 e. The molecule has 0 aliphatic heterocycles. The van der Waals surface area contributed by atoms with E-state index >= 15 is 0 Å². The highest BCUT2D eigenvalue weighted by molar-refractivity contribution is 5.35. The SMILES string of the molecule is CCOCCOc1ccccc1[C@H](N)CC. The van der Waals surface area contributed by atoms with Crippen molar-refractivity contribution < 1.29 is 9.47 Å². The Morgan fingerprint density at radius 1 is 1.19 bits per heavy atom. The van der Waals surface area contributed by atoms with Gasteiger partial charge in [-0.25, -0.2) is 0 Å². The van der Waals surface area contributed by atoms with Crippen molar-refractivity contribution in [3.63, 3.8) is 0 Å². The molecule has 16 heavy (non-hydrogen) atoms. The van der Waals surface area contributed by atoms with Gasteiger partial charge in [-0.3, -0.25) is 0 Å². The van der Waals surface area contributed by atoms with Crippen molar-refractivity contribution in [2.24, 2.45) is 5.73 Å².